The van der Waals surface area contributed by atoms with Crippen molar-refractivity contribution in [3.8, 4) is 0 Å². The Bertz CT molecular complexity index is 721. The third-order valence-corrected chi connectivity index (χ3v) is 10.0. The van der Waals surface area contributed by atoms with E-state index in [4.69, 9.17) is 49.7 Å². The van der Waals surface area contributed by atoms with Gasteiger partial charge in [0.1, 0.15) is 0 Å². The number of rotatable bonds is 2. The van der Waals surface area contributed by atoms with E-state index in [-0.39, 0.29) is 40.1 Å². The van der Waals surface area contributed by atoms with Crippen molar-refractivity contribution >= 4 is 78.0 Å². The number of nitrogens with zero attached hydrogens (tertiary/aromatic N) is 2. The van der Waals surface area contributed by atoms with Gasteiger partial charge in [-0.1, -0.05) is 8.64 Å². The van der Waals surface area contributed by atoms with E-state index in [0.29, 0.717) is 21.5 Å². The van der Waals surface area contributed by atoms with Crippen LogP contribution in [0.4, 0.5) is 0 Å². The summed E-state index contributed by atoms with van der Waals surface area (Å²) < 4.78 is 45.7. The van der Waals surface area contributed by atoms with Crippen LogP contribution >= 0.6 is 24.4 Å². The van der Waals surface area contributed by atoms with Gasteiger partial charge >= 0.3 is 17.1 Å². The average Bonchev–Trinajstić information content (AvgIpc) is 2.94. The quantitative estimate of drug-likeness (QED) is 0.283. The average molecular weight is 540 g/mol. The zero-order valence-electron chi connectivity index (χ0n) is 15.5. The first-order chi connectivity index (χ1) is 11.5. The number of sulfone groups is 2. The molecule has 0 bridgehead atoms. The van der Waals surface area contributed by atoms with Crippen LogP contribution in [0, 0.1) is 0 Å². The third kappa shape index (κ3) is 7.44. The first-order valence-corrected chi connectivity index (χ1v) is 13.1. The molecular weight excluding hydrogens is 516 g/mol. The maximum absolute atomic E-state index is 11.3. The van der Waals surface area contributed by atoms with Crippen molar-refractivity contribution in [3.63, 3.8) is 0 Å². The molecule has 2 fully saturated rings. The Labute approximate surface area is 195 Å². The van der Waals surface area contributed by atoms with Crippen LogP contribution < -0.4 is 0 Å². The summed E-state index contributed by atoms with van der Waals surface area (Å²) in [7, 11) is -2.24. The largest absolute Gasteiger partial charge is 2.00 e. The van der Waals surface area contributed by atoms with Crippen molar-refractivity contribution in [2.75, 3.05) is 37.1 Å². The van der Waals surface area contributed by atoms with Gasteiger partial charge < -0.3 is 59.5 Å². The summed E-state index contributed by atoms with van der Waals surface area (Å²) in [6.45, 7) is 3.77. The molecule has 0 N–H and O–H groups in total. The van der Waals surface area contributed by atoms with Crippen LogP contribution in [0.1, 0.15) is 26.7 Å². The van der Waals surface area contributed by atoms with Crippen molar-refractivity contribution in [3.05, 3.63) is 0 Å². The Morgan fingerprint density at radius 3 is 1.22 bits per heavy atom. The topological polar surface area (TPSA) is 74.8 Å². The van der Waals surface area contributed by atoms with E-state index >= 15 is 0 Å². The molecule has 0 saturated carbocycles. The molecule has 0 spiro atoms. The monoisotopic (exact) mass is 539 g/mol. The Morgan fingerprint density at radius 1 is 0.815 bits per heavy atom. The molecule has 0 amide bonds. The minimum atomic E-state index is -2.88. The van der Waals surface area contributed by atoms with Crippen LogP contribution in [0.2, 0.25) is 0 Å². The molecule has 0 aromatic carbocycles. The molecule has 0 aromatic heterocycles. The van der Waals surface area contributed by atoms with Gasteiger partial charge in [-0.25, -0.2) is 16.8 Å². The summed E-state index contributed by atoms with van der Waals surface area (Å²) in [5, 5.41) is 0. The van der Waals surface area contributed by atoms with Gasteiger partial charge in [0, 0.05) is 14.1 Å². The molecule has 2 aliphatic heterocycles. The van der Waals surface area contributed by atoms with Gasteiger partial charge in [0.15, 0.2) is 19.7 Å². The molecule has 6 nitrogen and oxygen atoms in total. The van der Waals surface area contributed by atoms with Gasteiger partial charge in [0.25, 0.3) is 0 Å². The van der Waals surface area contributed by atoms with Crippen molar-refractivity contribution in [1.29, 1.82) is 0 Å². The van der Waals surface area contributed by atoms with Gasteiger partial charge in [-0.05, 0) is 26.7 Å². The van der Waals surface area contributed by atoms with Gasteiger partial charge in [0.2, 0.25) is 0 Å². The van der Waals surface area contributed by atoms with Crippen molar-refractivity contribution in [2.24, 2.45) is 0 Å². The summed E-state index contributed by atoms with van der Waals surface area (Å²) in [5.74, 6) is 0.804. The molecule has 0 aliphatic carbocycles. The minimum Gasteiger partial charge on any atom is -0.411 e. The Hall–Kier alpha value is 0.639. The first kappa shape index (κ1) is 27.6. The molecule has 2 aliphatic rings. The molecule has 2 rings (SSSR count). The van der Waals surface area contributed by atoms with Crippen LogP contribution in [0.3, 0.4) is 0 Å². The number of thiocarbonyl (C=S) groups is 2. The SMILES string of the molecule is CN(C(=S)[S-])C1(C)CCS(=O)(=O)C1.CN(C(=S)[S-])C1(C)CCS(=O)(=O)C1.[Cu+2]. The first-order valence-electron chi connectivity index (χ1n) is 7.84. The molecule has 27 heavy (non-hydrogen) atoms. The predicted octanol–water partition coefficient (Wildman–Crippen LogP) is 0.652. The van der Waals surface area contributed by atoms with Crippen LogP contribution in [-0.2, 0) is 62.0 Å². The second-order valence-electron chi connectivity index (χ2n) is 7.33. The van der Waals surface area contributed by atoms with Crippen molar-refractivity contribution in [1.82, 2.24) is 9.80 Å². The molecule has 161 valence electrons. The zero-order valence-corrected chi connectivity index (χ0v) is 21.4. The van der Waals surface area contributed by atoms with Crippen molar-refractivity contribution in [2.45, 2.75) is 37.8 Å². The fourth-order valence-corrected chi connectivity index (χ4v) is 8.20. The zero-order chi connectivity index (χ0) is 20.6. The van der Waals surface area contributed by atoms with Gasteiger partial charge in [-0.3, -0.25) is 0 Å². The van der Waals surface area contributed by atoms with E-state index in [1.807, 2.05) is 13.8 Å². The molecule has 2 atom stereocenters. The minimum absolute atomic E-state index is 0. The molecule has 1 radical (unpaired) electrons. The van der Waals surface area contributed by atoms with Gasteiger partial charge in [-0.2, -0.15) is 0 Å². The third-order valence-electron chi connectivity index (χ3n) is 5.13. The molecule has 2 saturated heterocycles. The van der Waals surface area contributed by atoms with E-state index in [1.165, 1.54) is 0 Å². The van der Waals surface area contributed by atoms with Crippen molar-refractivity contribution < 1.29 is 33.9 Å². The fourth-order valence-electron chi connectivity index (χ4n) is 2.96. The van der Waals surface area contributed by atoms with Crippen LogP contribution in [-0.4, -0.2) is 83.5 Å². The smallest absolute Gasteiger partial charge is 0.411 e. The molecular formula is C14H24CuN2O4S6. The predicted molar refractivity (Wildman–Crippen MR) is 119 cm³/mol. The van der Waals surface area contributed by atoms with E-state index in [0.717, 1.165) is 0 Å². The Balaban J connectivity index is 0.000000483. The molecule has 0 aromatic rings. The molecule has 2 heterocycles. The normalized spacial score (nSPS) is 30.4. The summed E-state index contributed by atoms with van der Waals surface area (Å²) >= 11 is 19.4. The van der Waals surface area contributed by atoms with Crippen LogP contribution in [0.25, 0.3) is 0 Å². The van der Waals surface area contributed by atoms with Gasteiger partial charge in [0.05, 0.1) is 34.1 Å². The van der Waals surface area contributed by atoms with E-state index < -0.39 is 30.8 Å². The number of hydrogen-bond donors (Lipinski definition) is 0. The standard InChI is InChI=1S/2C7H13NO2S3.Cu/c2*1-7(8(2)6(11)12)3-4-13(9,10)5-7;/h2*3-5H2,1-2H3,(H,11,12);/q;;+2/p-2. The second kappa shape index (κ2) is 9.63. The summed E-state index contributed by atoms with van der Waals surface area (Å²) in [6, 6.07) is 0. The maximum Gasteiger partial charge on any atom is 2.00 e. The Morgan fingerprint density at radius 2 is 1.07 bits per heavy atom. The Kier molecular flexibility index (Phi) is 9.86. The summed E-state index contributed by atoms with van der Waals surface area (Å²) in [6.07, 6.45) is 1.23. The van der Waals surface area contributed by atoms with Crippen LogP contribution in [0.5, 0.6) is 0 Å². The van der Waals surface area contributed by atoms with E-state index in [2.05, 4.69) is 0 Å². The summed E-state index contributed by atoms with van der Waals surface area (Å²) in [5.41, 5.74) is -0.782. The van der Waals surface area contributed by atoms with E-state index in [1.54, 1.807) is 23.9 Å². The second-order valence-corrected chi connectivity index (χ2v) is 13.8. The molecule has 13 heteroatoms. The van der Waals surface area contributed by atoms with E-state index in [9.17, 15) is 16.8 Å². The fraction of sp³-hybridized carbons (Fsp3) is 0.857. The maximum atomic E-state index is 11.3. The van der Waals surface area contributed by atoms with Crippen LogP contribution in [0.15, 0.2) is 0 Å². The summed E-state index contributed by atoms with van der Waals surface area (Å²) in [4.78, 5) is 3.42. The number of hydrogen-bond acceptors (Lipinski definition) is 8. The van der Waals surface area contributed by atoms with Gasteiger partial charge in [-0.15, -0.1) is 0 Å². The molecule has 2 unspecified atom stereocenters.